The van der Waals surface area contributed by atoms with Crippen LogP contribution in [0.1, 0.15) is 96.3 Å². The van der Waals surface area contributed by atoms with E-state index in [2.05, 4.69) is 30.2 Å². The standard InChI is InChI=1S/C29H46S/c1-30-22-14-15-25-21(17-22)16-19-8-3-5-11-24(19)29(25)28-18-20-9-2-4-10-23(20)26-12-6-7-13-27(26)28/h2,9,19-29H,3-8,10-18H2,1H3. The van der Waals surface area contributed by atoms with Gasteiger partial charge in [-0.1, -0.05) is 44.3 Å². The molecule has 0 N–H and O–H groups in total. The number of fused-ring (bicyclic) bond motifs is 5. The Morgan fingerprint density at radius 3 is 2.17 bits per heavy atom. The molecule has 5 fully saturated rings. The van der Waals surface area contributed by atoms with E-state index in [-0.39, 0.29) is 0 Å². The van der Waals surface area contributed by atoms with Gasteiger partial charge in [-0.05, 0) is 130 Å². The maximum atomic E-state index is 2.72. The zero-order chi connectivity index (χ0) is 20.1. The minimum Gasteiger partial charge on any atom is -0.162 e. The highest BCUT2D eigenvalue weighted by Gasteiger charge is 2.54. The summed E-state index contributed by atoms with van der Waals surface area (Å²) >= 11 is 2.19. The Balaban J connectivity index is 1.34. The summed E-state index contributed by atoms with van der Waals surface area (Å²) in [5.74, 6) is 10.8. The highest BCUT2D eigenvalue weighted by atomic mass is 32.2. The highest BCUT2D eigenvalue weighted by Crippen LogP contribution is 2.62. The van der Waals surface area contributed by atoms with E-state index >= 15 is 0 Å². The molecule has 0 spiro atoms. The Morgan fingerprint density at radius 1 is 0.600 bits per heavy atom. The molecule has 0 bridgehead atoms. The lowest BCUT2D eigenvalue weighted by Gasteiger charge is -2.60. The summed E-state index contributed by atoms with van der Waals surface area (Å²) in [5, 5.41) is 0.978. The molecule has 0 aromatic heterocycles. The second kappa shape index (κ2) is 8.79. The van der Waals surface area contributed by atoms with Gasteiger partial charge in [-0.3, -0.25) is 0 Å². The lowest BCUT2D eigenvalue weighted by molar-refractivity contribution is -0.0977. The van der Waals surface area contributed by atoms with Crippen LogP contribution in [0.15, 0.2) is 12.2 Å². The third-order valence-electron chi connectivity index (χ3n) is 11.5. The summed E-state index contributed by atoms with van der Waals surface area (Å²) in [5.41, 5.74) is 0. The zero-order valence-electron chi connectivity index (χ0n) is 19.5. The van der Waals surface area contributed by atoms with E-state index in [0.29, 0.717) is 0 Å². The Labute approximate surface area is 190 Å². The molecule has 0 heterocycles. The fourth-order valence-electron chi connectivity index (χ4n) is 10.5. The van der Waals surface area contributed by atoms with Crippen molar-refractivity contribution in [1.82, 2.24) is 0 Å². The van der Waals surface area contributed by atoms with Crippen molar-refractivity contribution in [3.05, 3.63) is 12.2 Å². The Hall–Kier alpha value is 0.0900. The first kappa shape index (κ1) is 20.7. The molecule has 11 atom stereocenters. The van der Waals surface area contributed by atoms with Crippen LogP contribution in [0.4, 0.5) is 0 Å². The van der Waals surface area contributed by atoms with E-state index in [9.17, 15) is 0 Å². The second-order valence-corrected chi connectivity index (χ2v) is 13.6. The molecular weight excluding hydrogens is 380 g/mol. The topological polar surface area (TPSA) is 0 Å². The second-order valence-electron chi connectivity index (χ2n) is 12.5. The summed E-state index contributed by atoms with van der Waals surface area (Å²) in [7, 11) is 0. The number of hydrogen-bond acceptors (Lipinski definition) is 1. The van der Waals surface area contributed by atoms with Crippen LogP contribution in [0.5, 0.6) is 0 Å². The molecule has 0 aromatic rings. The van der Waals surface area contributed by atoms with Crippen LogP contribution in [0, 0.1) is 59.2 Å². The fraction of sp³-hybridized carbons (Fsp3) is 0.931. The van der Waals surface area contributed by atoms with Gasteiger partial charge in [0.2, 0.25) is 0 Å². The lowest BCUT2D eigenvalue weighted by atomic mass is 9.46. The van der Waals surface area contributed by atoms with Crippen LogP contribution in [0.2, 0.25) is 0 Å². The molecule has 1 heteroatoms. The van der Waals surface area contributed by atoms with Gasteiger partial charge in [-0.25, -0.2) is 0 Å². The van der Waals surface area contributed by atoms with E-state index < -0.39 is 0 Å². The normalized spacial score (nSPS) is 53.2. The molecule has 6 aliphatic carbocycles. The molecule has 0 radical (unpaired) electrons. The predicted molar refractivity (Wildman–Crippen MR) is 131 cm³/mol. The van der Waals surface area contributed by atoms with Crippen LogP contribution in [0.3, 0.4) is 0 Å². The van der Waals surface area contributed by atoms with Crippen molar-refractivity contribution in [3.63, 3.8) is 0 Å². The predicted octanol–water partition coefficient (Wildman–Crippen LogP) is 8.37. The first-order valence-electron chi connectivity index (χ1n) is 14.0. The Kier molecular flexibility index (Phi) is 6.06. The molecule has 30 heavy (non-hydrogen) atoms. The van der Waals surface area contributed by atoms with Crippen molar-refractivity contribution in [2.75, 3.05) is 6.26 Å². The van der Waals surface area contributed by atoms with Crippen LogP contribution in [-0.2, 0) is 0 Å². The van der Waals surface area contributed by atoms with Crippen LogP contribution < -0.4 is 0 Å². The van der Waals surface area contributed by atoms with E-state index in [0.717, 1.165) is 64.4 Å². The zero-order valence-corrected chi connectivity index (χ0v) is 20.3. The monoisotopic (exact) mass is 426 g/mol. The average molecular weight is 427 g/mol. The minimum atomic E-state index is 0.952. The summed E-state index contributed by atoms with van der Waals surface area (Å²) in [6.45, 7) is 0. The number of hydrogen-bond donors (Lipinski definition) is 0. The average Bonchev–Trinajstić information content (AvgIpc) is 2.81. The largest absolute Gasteiger partial charge is 0.162 e. The molecule has 0 nitrogen and oxygen atoms in total. The molecule has 6 aliphatic rings. The van der Waals surface area contributed by atoms with E-state index in [1.807, 2.05) is 0 Å². The van der Waals surface area contributed by atoms with Crippen LogP contribution >= 0.6 is 11.8 Å². The maximum absolute atomic E-state index is 2.72. The van der Waals surface area contributed by atoms with Crippen LogP contribution in [-0.4, -0.2) is 11.5 Å². The number of thioether (sulfide) groups is 1. The third-order valence-corrected chi connectivity index (χ3v) is 12.6. The van der Waals surface area contributed by atoms with Gasteiger partial charge in [0.1, 0.15) is 0 Å². The van der Waals surface area contributed by atoms with Gasteiger partial charge in [0.05, 0.1) is 0 Å². The summed E-state index contributed by atoms with van der Waals surface area (Å²) in [6, 6.07) is 0. The Morgan fingerprint density at radius 2 is 1.33 bits per heavy atom. The minimum absolute atomic E-state index is 0.952. The molecule has 11 unspecified atom stereocenters. The van der Waals surface area contributed by atoms with Gasteiger partial charge in [0.25, 0.3) is 0 Å². The first-order chi connectivity index (χ1) is 14.8. The maximum Gasteiger partial charge on any atom is 0.00471 e. The molecule has 0 amide bonds. The van der Waals surface area contributed by atoms with Crippen molar-refractivity contribution < 1.29 is 0 Å². The van der Waals surface area contributed by atoms with E-state index in [4.69, 9.17) is 0 Å². The van der Waals surface area contributed by atoms with Gasteiger partial charge < -0.3 is 0 Å². The molecule has 0 aromatic carbocycles. The molecule has 168 valence electrons. The highest BCUT2D eigenvalue weighted by molar-refractivity contribution is 7.99. The molecule has 5 saturated carbocycles. The molecular formula is C29H46S. The third kappa shape index (κ3) is 3.56. The van der Waals surface area contributed by atoms with E-state index in [1.165, 1.54) is 19.3 Å². The van der Waals surface area contributed by atoms with Gasteiger partial charge in [-0.2, -0.15) is 11.8 Å². The quantitative estimate of drug-likeness (QED) is 0.400. The van der Waals surface area contributed by atoms with Gasteiger partial charge >= 0.3 is 0 Å². The van der Waals surface area contributed by atoms with Crippen LogP contribution in [0.25, 0.3) is 0 Å². The summed E-state index contributed by atoms with van der Waals surface area (Å²) in [6.07, 6.45) is 31.0. The molecule has 0 aliphatic heterocycles. The smallest absolute Gasteiger partial charge is 0.00471 e. The van der Waals surface area contributed by atoms with Gasteiger partial charge in [0.15, 0.2) is 0 Å². The summed E-state index contributed by atoms with van der Waals surface area (Å²) < 4.78 is 0. The fourth-order valence-corrected chi connectivity index (χ4v) is 11.3. The van der Waals surface area contributed by atoms with Crippen molar-refractivity contribution >= 4 is 11.8 Å². The number of rotatable bonds is 2. The van der Waals surface area contributed by atoms with E-state index in [1.54, 1.807) is 77.0 Å². The number of allylic oxidation sites excluding steroid dienone is 2. The van der Waals surface area contributed by atoms with Crippen molar-refractivity contribution in [1.29, 1.82) is 0 Å². The Bertz CT molecular complexity index is 624. The molecule has 6 rings (SSSR count). The molecule has 0 saturated heterocycles. The van der Waals surface area contributed by atoms with Gasteiger partial charge in [-0.15, -0.1) is 0 Å². The van der Waals surface area contributed by atoms with Crippen molar-refractivity contribution in [2.24, 2.45) is 59.2 Å². The first-order valence-corrected chi connectivity index (χ1v) is 15.3. The SMILES string of the molecule is CSC1CCC2C(C1)CC1CCCCC1C2C1CC2C=CCCC2C2CCCCC21. The lowest BCUT2D eigenvalue weighted by Crippen LogP contribution is -2.53. The summed E-state index contributed by atoms with van der Waals surface area (Å²) in [4.78, 5) is 0. The van der Waals surface area contributed by atoms with Gasteiger partial charge in [0, 0.05) is 5.25 Å². The van der Waals surface area contributed by atoms with Crippen molar-refractivity contribution in [3.8, 4) is 0 Å². The van der Waals surface area contributed by atoms with Crippen molar-refractivity contribution in [2.45, 2.75) is 102 Å².